The van der Waals surface area contributed by atoms with Gasteiger partial charge in [-0.15, -0.1) is 0 Å². The van der Waals surface area contributed by atoms with Crippen LogP contribution in [0.3, 0.4) is 0 Å². The standard InChI is InChI=1S/C19H20N4O3/c1-3-26-19-16(12-8-10-13(11-9-12)23(24)25)17-18(21-19)20-14-6-4-5-7-15(14)22(17)2/h4-11,16-18,20H,3H2,1-2H3/t16-,17-,18-/m0/s1. The number of fused-ring (bicyclic) bond motifs is 2. The van der Waals surface area contributed by atoms with Crippen molar-refractivity contribution in [3.63, 3.8) is 0 Å². The second kappa shape index (κ2) is 6.33. The van der Waals surface area contributed by atoms with E-state index in [0.717, 1.165) is 16.9 Å². The van der Waals surface area contributed by atoms with E-state index in [1.54, 1.807) is 12.1 Å². The zero-order chi connectivity index (χ0) is 18.3. The van der Waals surface area contributed by atoms with E-state index < -0.39 is 0 Å². The largest absolute Gasteiger partial charge is 0.481 e. The zero-order valence-electron chi connectivity index (χ0n) is 14.6. The van der Waals surface area contributed by atoms with Gasteiger partial charge < -0.3 is 15.0 Å². The summed E-state index contributed by atoms with van der Waals surface area (Å²) in [5.41, 5.74) is 3.19. The number of likely N-dealkylation sites (N-methyl/N-ethyl adjacent to an activating group) is 1. The molecule has 134 valence electrons. The van der Waals surface area contributed by atoms with Gasteiger partial charge in [0.05, 0.1) is 34.9 Å². The highest BCUT2D eigenvalue weighted by Crippen LogP contribution is 2.42. The fourth-order valence-corrected chi connectivity index (χ4v) is 3.82. The van der Waals surface area contributed by atoms with Crippen LogP contribution in [0.2, 0.25) is 0 Å². The van der Waals surface area contributed by atoms with Crippen LogP contribution in [0.15, 0.2) is 53.5 Å². The van der Waals surface area contributed by atoms with Crippen LogP contribution in [0.25, 0.3) is 0 Å². The molecule has 2 aliphatic rings. The normalized spacial score (nSPS) is 23.5. The van der Waals surface area contributed by atoms with E-state index >= 15 is 0 Å². The molecule has 7 nitrogen and oxygen atoms in total. The average Bonchev–Trinajstić information content (AvgIpc) is 3.00. The molecule has 1 N–H and O–H groups in total. The van der Waals surface area contributed by atoms with E-state index in [-0.39, 0.29) is 28.7 Å². The fourth-order valence-electron chi connectivity index (χ4n) is 3.82. The van der Waals surface area contributed by atoms with Gasteiger partial charge in [0.2, 0.25) is 0 Å². The Morgan fingerprint density at radius 3 is 2.65 bits per heavy atom. The summed E-state index contributed by atoms with van der Waals surface area (Å²) in [6.45, 7) is 2.46. The lowest BCUT2D eigenvalue weighted by Gasteiger charge is -2.40. The first-order valence-corrected chi connectivity index (χ1v) is 8.63. The minimum Gasteiger partial charge on any atom is -0.481 e. The van der Waals surface area contributed by atoms with E-state index in [9.17, 15) is 10.1 Å². The Kier molecular flexibility index (Phi) is 3.99. The van der Waals surface area contributed by atoms with Crippen LogP contribution < -0.4 is 10.2 Å². The van der Waals surface area contributed by atoms with Gasteiger partial charge in [-0.2, -0.15) is 0 Å². The third kappa shape index (κ3) is 2.56. The summed E-state index contributed by atoms with van der Waals surface area (Å²) in [5, 5.41) is 14.4. The van der Waals surface area contributed by atoms with Crippen molar-refractivity contribution >= 4 is 23.0 Å². The number of nitro benzene ring substituents is 1. The molecule has 2 aromatic carbocycles. The summed E-state index contributed by atoms with van der Waals surface area (Å²) in [4.78, 5) is 17.6. The highest BCUT2D eigenvalue weighted by Gasteiger charge is 2.46. The Bertz CT molecular complexity index is 865. The lowest BCUT2D eigenvalue weighted by atomic mass is 9.89. The number of anilines is 2. The number of rotatable bonds is 3. The third-order valence-corrected chi connectivity index (χ3v) is 4.99. The molecular weight excluding hydrogens is 332 g/mol. The molecule has 7 heteroatoms. The number of hydrogen-bond acceptors (Lipinski definition) is 6. The van der Waals surface area contributed by atoms with Crippen molar-refractivity contribution in [1.82, 2.24) is 0 Å². The molecule has 0 spiro atoms. The summed E-state index contributed by atoms with van der Waals surface area (Å²) < 4.78 is 5.84. The van der Waals surface area contributed by atoms with Crippen LogP contribution in [0.4, 0.5) is 17.1 Å². The van der Waals surface area contributed by atoms with Crippen molar-refractivity contribution in [2.24, 2.45) is 4.99 Å². The lowest BCUT2D eigenvalue weighted by Crippen LogP contribution is -2.49. The molecule has 4 rings (SSSR count). The molecule has 0 saturated carbocycles. The van der Waals surface area contributed by atoms with Crippen LogP contribution in [-0.4, -0.2) is 36.7 Å². The van der Waals surface area contributed by atoms with Gasteiger partial charge in [0.15, 0.2) is 5.90 Å². The second-order valence-corrected chi connectivity index (χ2v) is 6.43. The van der Waals surface area contributed by atoms with Crippen LogP contribution in [0, 0.1) is 10.1 Å². The summed E-state index contributed by atoms with van der Waals surface area (Å²) in [6, 6.07) is 14.8. The monoisotopic (exact) mass is 352 g/mol. The number of hydrogen-bond donors (Lipinski definition) is 1. The first-order valence-electron chi connectivity index (χ1n) is 8.63. The van der Waals surface area contributed by atoms with Crippen LogP contribution in [0.1, 0.15) is 18.4 Å². The second-order valence-electron chi connectivity index (χ2n) is 6.43. The topological polar surface area (TPSA) is 80.0 Å². The minimum atomic E-state index is -0.386. The van der Waals surface area contributed by atoms with E-state index in [0.29, 0.717) is 12.5 Å². The minimum absolute atomic E-state index is 0.0351. The van der Waals surface area contributed by atoms with Gasteiger partial charge in [-0.3, -0.25) is 10.1 Å². The van der Waals surface area contributed by atoms with Crippen LogP contribution >= 0.6 is 0 Å². The molecule has 2 aromatic rings. The van der Waals surface area contributed by atoms with Gasteiger partial charge in [0.25, 0.3) is 5.69 Å². The average molecular weight is 352 g/mol. The van der Waals surface area contributed by atoms with Crippen molar-refractivity contribution in [2.75, 3.05) is 23.9 Å². The third-order valence-electron chi connectivity index (χ3n) is 4.99. The Morgan fingerprint density at radius 2 is 1.96 bits per heavy atom. The van der Waals surface area contributed by atoms with Gasteiger partial charge in [0.1, 0.15) is 6.17 Å². The number of nitrogens with one attached hydrogen (secondary N) is 1. The molecule has 0 aliphatic carbocycles. The van der Waals surface area contributed by atoms with Gasteiger partial charge in [-0.1, -0.05) is 24.3 Å². The number of aliphatic imine (C=N–C) groups is 1. The zero-order valence-corrected chi connectivity index (χ0v) is 14.6. The quantitative estimate of drug-likeness (QED) is 0.676. The molecule has 0 unspecified atom stereocenters. The highest BCUT2D eigenvalue weighted by molar-refractivity contribution is 5.90. The van der Waals surface area contributed by atoms with Crippen molar-refractivity contribution in [3.8, 4) is 0 Å². The molecule has 3 atom stereocenters. The van der Waals surface area contributed by atoms with Crippen LogP contribution in [-0.2, 0) is 4.74 Å². The molecule has 0 bridgehead atoms. The number of nitro groups is 1. The first kappa shape index (κ1) is 16.4. The molecule has 0 aromatic heterocycles. The molecule has 2 heterocycles. The van der Waals surface area contributed by atoms with Gasteiger partial charge in [-0.25, -0.2) is 4.99 Å². The van der Waals surface area contributed by atoms with Gasteiger partial charge >= 0.3 is 0 Å². The number of ether oxygens (including phenoxy) is 1. The highest BCUT2D eigenvalue weighted by atomic mass is 16.6. The maximum absolute atomic E-state index is 11.0. The number of para-hydroxylation sites is 2. The predicted molar refractivity (Wildman–Crippen MR) is 101 cm³/mol. The SMILES string of the molecule is CCOC1=N[C@@H]2Nc3ccccc3N(C)[C@H]2[C@@H]1c1ccc([N+](=O)[O-])cc1. The number of non-ortho nitro benzene ring substituents is 1. The van der Waals surface area contributed by atoms with Crippen molar-refractivity contribution in [1.29, 1.82) is 0 Å². The van der Waals surface area contributed by atoms with Gasteiger partial charge in [0, 0.05) is 19.2 Å². The lowest BCUT2D eigenvalue weighted by molar-refractivity contribution is -0.384. The fraction of sp³-hybridized carbons (Fsp3) is 0.316. The molecular formula is C19H20N4O3. The van der Waals surface area contributed by atoms with Crippen LogP contribution in [0.5, 0.6) is 0 Å². The van der Waals surface area contributed by atoms with Crippen molar-refractivity contribution < 1.29 is 9.66 Å². The number of benzene rings is 2. The molecule has 0 radical (unpaired) electrons. The van der Waals surface area contributed by atoms with E-state index in [1.165, 1.54) is 12.1 Å². The van der Waals surface area contributed by atoms with E-state index in [1.807, 2.05) is 25.1 Å². The Balaban J connectivity index is 1.74. The summed E-state index contributed by atoms with van der Waals surface area (Å²) in [6.07, 6.45) is -0.128. The Morgan fingerprint density at radius 1 is 1.23 bits per heavy atom. The summed E-state index contributed by atoms with van der Waals surface area (Å²) in [5.74, 6) is 0.579. The predicted octanol–water partition coefficient (Wildman–Crippen LogP) is 3.38. The summed E-state index contributed by atoms with van der Waals surface area (Å²) >= 11 is 0. The Labute approximate surface area is 151 Å². The molecule has 0 saturated heterocycles. The van der Waals surface area contributed by atoms with Crippen molar-refractivity contribution in [3.05, 3.63) is 64.2 Å². The Hall–Kier alpha value is -3.09. The molecule has 0 fully saturated rings. The van der Waals surface area contributed by atoms with Crippen molar-refractivity contribution in [2.45, 2.75) is 25.0 Å². The molecule has 0 amide bonds. The first-order chi connectivity index (χ1) is 12.6. The smallest absolute Gasteiger partial charge is 0.269 e. The summed E-state index contributed by atoms with van der Waals surface area (Å²) in [7, 11) is 2.06. The van der Waals surface area contributed by atoms with Gasteiger partial charge in [-0.05, 0) is 24.6 Å². The number of nitrogens with zero attached hydrogens (tertiary/aromatic N) is 3. The van der Waals surface area contributed by atoms with E-state index in [4.69, 9.17) is 9.73 Å². The maximum Gasteiger partial charge on any atom is 0.269 e. The molecule has 2 aliphatic heterocycles. The van der Waals surface area contributed by atoms with E-state index in [2.05, 4.69) is 23.3 Å². The maximum atomic E-state index is 11.0. The molecule has 26 heavy (non-hydrogen) atoms.